The third-order valence-electron chi connectivity index (χ3n) is 5.38. The van der Waals surface area contributed by atoms with Gasteiger partial charge < -0.3 is 15.2 Å². The molecule has 0 heterocycles. The first-order valence-corrected chi connectivity index (χ1v) is 10.2. The van der Waals surface area contributed by atoms with Crippen LogP contribution in [-0.2, 0) is 9.59 Å². The number of ether oxygens (including phenoxy) is 1. The van der Waals surface area contributed by atoms with Crippen LogP contribution in [0.4, 0.5) is 5.69 Å². The molecular formula is C26H23NO4. The second kappa shape index (κ2) is 8.88. The number of carbonyl (C=O) groups excluding carboxylic acids is 1. The first-order valence-electron chi connectivity index (χ1n) is 10.2. The number of aryl methyl sites for hydroxylation is 1. The van der Waals surface area contributed by atoms with Gasteiger partial charge in [0.25, 0.3) is 5.91 Å². The van der Waals surface area contributed by atoms with Crippen molar-refractivity contribution in [1.82, 2.24) is 0 Å². The van der Waals surface area contributed by atoms with Gasteiger partial charge in [0.1, 0.15) is 11.5 Å². The normalized spacial score (nSPS) is 13.2. The number of nitrogens with one attached hydrogen (secondary N) is 1. The molecule has 0 unspecified atom stereocenters. The topological polar surface area (TPSA) is 75.6 Å². The Morgan fingerprint density at radius 2 is 1.55 bits per heavy atom. The summed E-state index contributed by atoms with van der Waals surface area (Å²) in [7, 11) is 0. The number of hydrogen-bond donors (Lipinski definition) is 2. The van der Waals surface area contributed by atoms with E-state index < -0.39 is 5.97 Å². The van der Waals surface area contributed by atoms with E-state index in [4.69, 9.17) is 4.74 Å². The maximum atomic E-state index is 12.5. The van der Waals surface area contributed by atoms with Crippen LogP contribution in [0.3, 0.4) is 0 Å². The van der Waals surface area contributed by atoms with E-state index in [9.17, 15) is 14.7 Å². The highest BCUT2D eigenvalue weighted by Crippen LogP contribution is 2.31. The average Bonchev–Trinajstić information content (AvgIpc) is 3.26. The van der Waals surface area contributed by atoms with E-state index in [1.165, 1.54) is 0 Å². The Morgan fingerprint density at radius 3 is 2.23 bits per heavy atom. The number of carboxylic acid groups (broad SMARTS) is 1. The molecule has 5 heteroatoms. The highest BCUT2D eigenvalue weighted by Gasteiger charge is 2.25. The van der Waals surface area contributed by atoms with Crippen molar-refractivity contribution in [2.75, 3.05) is 5.32 Å². The SMILES string of the molecule is Cc1cc(NC(=O)C2=C(C(=O)O)CCC2)ccc1-c1ccc(Oc2ccccc2)cc1. The Morgan fingerprint density at radius 1 is 0.871 bits per heavy atom. The first-order chi connectivity index (χ1) is 15.0. The van der Waals surface area contributed by atoms with Gasteiger partial charge in [-0.15, -0.1) is 0 Å². The van der Waals surface area contributed by atoms with Gasteiger partial charge in [0.05, 0.1) is 0 Å². The fraction of sp³-hybridized carbons (Fsp3) is 0.154. The second-order valence-corrected chi connectivity index (χ2v) is 7.54. The molecule has 0 fully saturated rings. The van der Waals surface area contributed by atoms with Crippen molar-refractivity contribution in [1.29, 1.82) is 0 Å². The molecule has 2 N–H and O–H groups in total. The molecule has 3 aromatic carbocycles. The molecule has 1 aliphatic carbocycles. The standard InChI is InChI=1S/C26H23NO4/c1-17-16-19(27-25(28)23-8-5-9-24(23)26(29)30)12-15-22(17)18-10-13-21(14-11-18)31-20-6-3-2-4-7-20/h2-4,6-7,10-16H,5,8-9H2,1H3,(H,27,28)(H,29,30). The van der Waals surface area contributed by atoms with Gasteiger partial charge in [-0.1, -0.05) is 36.4 Å². The van der Waals surface area contributed by atoms with Crippen LogP contribution < -0.4 is 10.1 Å². The van der Waals surface area contributed by atoms with E-state index in [1.807, 2.05) is 79.7 Å². The monoisotopic (exact) mass is 413 g/mol. The average molecular weight is 413 g/mol. The van der Waals surface area contributed by atoms with Gasteiger partial charge >= 0.3 is 5.97 Å². The second-order valence-electron chi connectivity index (χ2n) is 7.54. The number of carboxylic acids is 1. The van der Waals surface area contributed by atoms with Crippen molar-refractivity contribution >= 4 is 17.6 Å². The number of anilines is 1. The third kappa shape index (κ3) is 4.67. The maximum Gasteiger partial charge on any atom is 0.332 e. The molecule has 0 spiro atoms. The van der Waals surface area contributed by atoms with Crippen molar-refractivity contribution in [3.8, 4) is 22.6 Å². The molecule has 0 radical (unpaired) electrons. The zero-order valence-electron chi connectivity index (χ0n) is 17.2. The van der Waals surface area contributed by atoms with E-state index in [2.05, 4.69) is 5.32 Å². The zero-order chi connectivity index (χ0) is 21.8. The Balaban J connectivity index is 1.48. The predicted molar refractivity (Wildman–Crippen MR) is 120 cm³/mol. The Hall–Kier alpha value is -3.86. The van der Waals surface area contributed by atoms with E-state index in [1.54, 1.807) is 0 Å². The van der Waals surface area contributed by atoms with Crippen LogP contribution in [0.2, 0.25) is 0 Å². The number of amides is 1. The fourth-order valence-corrected chi connectivity index (χ4v) is 3.83. The number of hydrogen-bond acceptors (Lipinski definition) is 3. The van der Waals surface area contributed by atoms with Crippen molar-refractivity contribution in [2.24, 2.45) is 0 Å². The van der Waals surface area contributed by atoms with Gasteiger partial charge in [-0.3, -0.25) is 4.79 Å². The van der Waals surface area contributed by atoms with Gasteiger partial charge in [0, 0.05) is 16.8 Å². The molecule has 31 heavy (non-hydrogen) atoms. The minimum absolute atomic E-state index is 0.226. The summed E-state index contributed by atoms with van der Waals surface area (Å²) in [6.45, 7) is 1.98. The first kappa shape index (κ1) is 20.4. The van der Waals surface area contributed by atoms with Crippen LogP contribution in [0.25, 0.3) is 11.1 Å². The molecule has 156 valence electrons. The largest absolute Gasteiger partial charge is 0.478 e. The highest BCUT2D eigenvalue weighted by molar-refractivity contribution is 6.09. The summed E-state index contributed by atoms with van der Waals surface area (Å²) < 4.78 is 5.84. The van der Waals surface area contributed by atoms with Crippen molar-refractivity contribution in [3.05, 3.63) is 89.5 Å². The highest BCUT2D eigenvalue weighted by atomic mass is 16.5. The summed E-state index contributed by atoms with van der Waals surface area (Å²) in [5, 5.41) is 12.1. The molecule has 0 saturated carbocycles. The van der Waals surface area contributed by atoms with E-state index >= 15 is 0 Å². The molecule has 3 aromatic rings. The van der Waals surface area contributed by atoms with Crippen LogP contribution in [0.15, 0.2) is 83.9 Å². The van der Waals surface area contributed by atoms with E-state index in [0.29, 0.717) is 30.5 Å². The molecule has 0 aliphatic heterocycles. The summed E-state index contributed by atoms with van der Waals surface area (Å²) in [4.78, 5) is 23.8. The maximum absolute atomic E-state index is 12.5. The van der Waals surface area contributed by atoms with Gasteiger partial charge in [-0.25, -0.2) is 4.79 Å². The Bertz CT molecular complexity index is 1150. The van der Waals surface area contributed by atoms with Gasteiger partial charge in [-0.05, 0) is 79.3 Å². The van der Waals surface area contributed by atoms with Crippen molar-refractivity contribution in [2.45, 2.75) is 26.2 Å². The van der Waals surface area contributed by atoms with Crippen LogP contribution in [-0.4, -0.2) is 17.0 Å². The van der Waals surface area contributed by atoms with Gasteiger partial charge in [0.15, 0.2) is 0 Å². The smallest absolute Gasteiger partial charge is 0.332 e. The van der Waals surface area contributed by atoms with Gasteiger partial charge in [0.2, 0.25) is 0 Å². The van der Waals surface area contributed by atoms with Crippen LogP contribution in [0, 0.1) is 6.92 Å². The van der Waals surface area contributed by atoms with Gasteiger partial charge in [-0.2, -0.15) is 0 Å². The number of benzene rings is 3. The van der Waals surface area contributed by atoms with E-state index in [-0.39, 0.29) is 11.5 Å². The lowest BCUT2D eigenvalue weighted by Crippen LogP contribution is -2.16. The molecule has 0 atom stereocenters. The summed E-state index contributed by atoms with van der Waals surface area (Å²) in [5.74, 6) is 0.212. The third-order valence-corrected chi connectivity index (χ3v) is 5.38. The Labute approximate surface area is 181 Å². The van der Waals surface area contributed by atoms with E-state index in [0.717, 1.165) is 28.2 Å². The minimum Gasteiger partial charge on any atom is -0.478 e. The molecule has 4 rings (SSSR count). The summed E-state index contributed by atoms with van der Waals surface area (Å²) >= 11 is 0. The lowest BCUT2D eigenvalue weighted by molar-refractivity contribution is -0.133. The molecule has 5 nitrogen and oxygen atoms in total. The molecule has 0 saturated heterocycles. The molecule has 0 bridgehead atoms. The molecule has 1 amide bonds. The molecular weight excluding hydrogens is 390 g/mol. The molecule has 1 aliphatic rings. The fourth-order valence-electron chi connectivity index (χ4n) is 3.83. The zero-order valence-corrected chi connectivity index (χ0v) is 17.2. The summed E-state index contributed by atoms with van der Waals surface area (Å²) in [6, 6.07) is 23.2. The molecule has 0 aromatic heterocycles. The van der Waals surface area contributed by atoms with Crippen LogP contribution in [0.1, 0.15) is 24.8 Å². The lowest BCUT2D eigenvalue weighted by Gasteiger charge is -2.12. The number of aliphatic carboxylic acids is 1. The number of para-hydroxylation sites is 1. The van der Waals surface area contributed by atoms with Crippen LogP contribution >= 0.6 is 0 Å². The minimum atomic E-state index is -1.01. The van der Waals surface area contributed by atoms with Crippen LogP contribution in [0.5, 0.6) is 11.5 Å². The Kier molecular flexibility index (Phi) is 5.85. The van der Waals surface area contributed by atoms with Crippen molar-refractivity contribution in [3.63, 3.8) is 0 Å². The number of carbonyl (C=O) groups is 2. The number of rotatable bonds is 6. The summed E-state index contributed by atoms with van der Waals surface area (Å²) in [5.41, 5.74) is 4.36. The lowest BCUT2D eigenvalue weighted by atomic mass is 10.00. The summed E-state index contributed by atoms with van der Waals surface area (Å²) in [6.07, 6.45) is 1.65. The quantitative estimate of drug-likeness (QED) is 0.523. The predicted octanol–water partition coefficient (Wildman–Crippen LogP) is 5.96. The van der Waals surface area contributed by atoms with Crippen molar-refractivity contribution < 1.29 is 19.4 Å².